The van der Waals surface area contributed by atoms with E-state index in [0.717, 1.165) is 27.7 Å². The molecular formula is C26H26FN3O3. The van der Waals surface area contributed by atoms with Crippen LogP contribution in [0.2, 0.25) is 0 Å². The molecule has 1 aromatic heterocycles. The Morgan fingerprint density at radius 1 is 1.06 bits per heavy atom. The van der Waals surface area contributed by atoms with Crippen molar-refractivity contribution in [1.82, 2.24) is 4.57 Å². The number of nitrogens with zero attached hydrogens (tertiary/aromatic N) is 1. The average molecular weight is 448 g/mol. The number of carbonyl (C=O) groups excluding carboxylic acids is 1. The van der Waals surface area contributed by atoms with E-state index in [9.17, 15) is 9.18 Å². The Hall–Kier alpha value is -4.00. The van der Waals surface area contributed by atoms with Crippen molar-refractivity contribution in [2.45, 2.75) is 20.1 Å². The van der Waals surface area contributed by atoms with E-state index < -0.39 is 12.8 Å². The Balaban J connectivity index is 1.52. The number of nitrogens with two attached hydrogens (primary N) is 1. The molecule has 3 N–H and O–H groups in total. The third kappa shape index (κ3) is 4.92. The zero-order chi connectivity index (χ0) is 23.2. The van der Waals surface area contributed by atoms with Crippen LogP contribution in [0.25, 0.3) is 22.2 Å². The van der Waals surface area contributed by atoms with Crippen molar-refractivity contribution in [2.24, 2.45) is 0 Å². The highest BCUT2D eigenvalue weighted by Crippen LogP contribution is 2.38. The molecule has 6 nitrogen and oxygen atoms in total. The van der Waals surface area contributed by atoms with Crippen molar-refractivity contribution in [3.05, 3.63) is 78.4 Å². The maximum Gasteiger partial charge on any atom is 0.411 e. The van der Waals surface area contributed by atoms with Gasteiger partial charge < -0.3 is 19.8 Å². The Morgan fingerprint density at radius 3 is 2.52 bits per heavy atom. The summed E-state index contributed by atoms with van der Waals surface area (Å²) in [6, 6.07) is 22.5. The minimum atomic E-state index is -0.541. The first-order valence-electron chi connectivity index (χ1n) is 10.8. The molecule has 0 aliphatic rings. The lowest BCUT2D eigenvalue weighted by Gasteiger charge is -2.11. The summed E-state index contributed by atoms with van der Waals surface area (Å²) in [5.74, 6) is 0.604. The molecule has 1 heterocycles. The van der Waals surface area contributed by atoms with E-state index in [-0.39, 0.29) is 13.2 Å². The van der Waals surface area contributed by atoms with E-state index in [4.69, 9.17) is 15.2 Å². The van der Waals surface area contributed by atoms with Gasteiger partial charge in [-0.15, -0.1) is 0 Å². The van der Waals surface area contributed by atoms with Gasteiger partial charge in [-0.3, -0.25) is 5.32 Å². The molecule has 7 heteroatoms. The molecule has 0 aliphatic heterocycles. The molecule has 0 aliphatic carbocycles. The van der Waals surface area contributed by atoms with E-state index in [1.807, 2.05) is 73.7 Å². The topological polar surface area (TPSA) is 78.5 Å². The quantitative estimate of drug-likeness (QED) is 0.347. The number of alkyl halides is 1. The van der Waals surface area contributed by atoms with E-state index in [0.29, 0.717) is 23.7 Å². The summed E-state index contributed by atoms with van der Waals surface area (Å²) in [5, 5.41) is 3.65. The number of hydrogen-bond donors (Lipinski definition) is 2. The summed E-state index contributed by atoms with van der Waals surface area (Å²) in [6.45, 7) is 2.41. The first-order chi connectivity index (χ1) is 16.1. The Bertz CT molecular complexity index is 1240. The van der Waals surface area contributed by atoms with Gasteiger partial charge >= 0.3 is 6.09 Å². The predicted molar refractivity (Wildman–Crippen MR) is 129 cm³/mol. The number of anilines is 2. The molecule has 0 saturated carbocycles. The highest BCUT2D eigenvalue weighted by molar-refractivity contribution is 6.01. The Kier molecular flexibility index (Phi) is 6.78. The number of aromatic nitrogens is 1. The van der Waals surface area contributed by atoms with Gasteiger partial charge in [-0.25, -0.2) is 9.18 Å². The fraction of sp³-hybridized carbons (Fsp3) is 0.192. The third-order valence-electron chi connectivity index (χ3n) is 5.35. The number of carbonyl (C=O) groups is 1. The van der Waals surface area contributed by atoms with Crippen LogP contribution in [0, 0.1) is 0 Å². The average Bonchev–Trinajstić information content (AvgIpc) is 3.13. The van der Waals surface area contributed by atoms with Gasteiger partial charge in [-0.1, -0.05) is 42.5 Å². The predicted octanol–water partition coefficient (Wildman–Crippen LogP) is 6.01. The van der Waals surface area contributed by atoms with Crippen LogP contribution in [-0.4, -0.2) is 23.9 Å². The molecule has 170 valence electrons. The molecule has 3 aromatic carbocycles. The van der Waals surface area contributed by atoms with Crippen LogP contribution in [0.5, 0.6) is 5.75 Å². The number of nitrogen functional groups attached to an aromatic ring is 1. The number of fused-ring (bicyclic) bond motifs is 1. The monoisotopic (exact) mass is 447 g/mol. The molecule has 0 atom stereocenters. The number of aryl methyl sites for hydroxylation is 1. The van der Waals surface area contributed by atoms with Crippen LogP contribution in [0.4, 0.5) is 20.6 Å². The van der Waals surface area contributed by atoms with Gasteiger partial charge in [-0.2, -0.15) is 0 Å². The first-order valence-corrected chi connectivity index (χ1v) is 10.8. The fourth-order valence-corrected chi connectivity index (χ4v) is 3.83. The molecule has 33 heavy (non-hydrogen) atoms. The molecule has 0 fully saturated rings. The van der Waals surface area contributed by atoms with Crippen molar-refractivity contribution in [3.63, 3.8) is 0 Å². The maximum absolute atomic E-state index is 12.5. The number of rotatable bonds is 8. The van der Waals surface area contributed by atoms with Gasteiger partial charge in [0.25, 0.3) is 0 Å². The molecule has 4 rings (SSSR count). The molecule has 0 unspecified atom stereocenters. The standard InChI is InChI=1S/C26H26FN3O3/c1-2-30-23-16-21(32-15-14-27)12-13-22(23)24(28)25(30)19-8-10-20(11-9-19)29-26(31)33-17-18-6-4-3-5-7-18/h3-13,16H,2,14-15,17,28H2,1H3,(H,29,31). The summed E-state index contributed by atoms with van der Waals surface area (Å²) in [6.07, 6.45) is -0.519. The van der Waals surface area contributed by atoms with E-state index in [1.54, 1.807) is 6.07 Å². The summed E-state index contributed by atoms with van der Waals surface area (Å²) in [5.41, 5.74) is 11.4. The van der Waals surface area contributed by atoms with Crippen LogP contribution >= 0.6 is 0 Å². The lowest BCUT2D eigenvalue weighted by molar-refractivity contribution is 0.155. The van der Waals surface area contributed by atoms with Crippen molar-refractivity contribution >= 4 is 28.4 Å². The molecule has 0 radical (unpaired) electrons. The minimum Gasteiger partial charge on any atom is -0.491 e. The van der Waals surface area contributed by atoms with Crippen molar-refractivity contribution in [3.8, 4) is 17.0 Å². The number of halogens is 1. The Labute approximate surface area is 191 Å². The lowest BCUT2D eigenvalue weighted by atomic mass is 10.1. The van der Waals surface area contributed by atoms with Crippen molar-refractivity contribution in [1.29, 1.82) is 0 Å². The van der Waals surface area contributed by atoms with Crippen molar-refractivity contribution in [2.75, 3.05) is 24.3 Å². The summed E-state index contributed by atoms with van der Waals surface area (Å²) in [4.78, 5) is 12.1. The number of amides is 1. The van der Waals surface area contributed by atoms with Crippen LogP contribution in [0.15, 0.2) is 72.8 Å². The normalized spacial score (nSPS) is 10.8. The molecule has 1 amide bonds. The summed E-state index contributed by atoms with van der Waals surface area (Å²) >= 11 is 0. The number of benzene rings is 3. The Morgan fingerprint density at radius 2 is 1.82 bits per heavy atom. The second kappa shape index (κ2) is 10.1. The molecule has 0 bridgehead atoms. The molecule has 0 spiro atoms. The van der Waals surface area contributed by atoms with Crippen LogP contribution in [0.3, 0.4) is 0 Å². The first kappa shape index (κ1) is 22.2. The van der Waals surface area contributed by atoms with Gasteiger partial charge in [0.05, 0.1) is 16.9 Å². The van der Waals surface area contributed by atoms with Crippen LogP contribution < -0.4 is 15.8 Å². The third-order valence-corrected chi connectivity index (χ3v) is 5.35. The van der Waals surface area contributed by atoms with Gasteiger partial charge in [0.1, 0.15) is 25.6 Å². The zero-order valence-corrected chi connectivity index (χ0v) is 18.4. The SMILES string of the molecule is CCn1c(-c2ccc(NC(=O)OCc3ccccc3)cc2)c(N)c2ccc(OCCF)cc21. The second-order valence-electron chi connectivity index (χ2n) is 7.49. The molecule has 4 aromatic rings. The van der Waals surface area contributed by atoms with Gasteiger partial charge in [0.15, 0.2) is 0 Å². The summed E-state index contributed by atoms with van der Waals surface area (Å²) < 4.78 is 25.3. The van der Waals surface area contributed by atoms with E-state index in [2.05, 4.69) is 9.88 Å². The van der Waals surface area contributed by atoms with E-state index in [1.165, 1.54) is 0 Å². The summed E-state index contributed by atoms with van der Waals surface area (Å²) in [7, 11) is 0. The lowest BCUT2D eigenvalue weighted by Crippen LogP contribution is -2.13. The highest BCUT2D eigenvalue weighted by Gasteiger charge is 2.17. The molecular weight excluding hydrogens is 421 g/mol. The van der Waals surface area contributed by atoms with E-state index >= 15 is 0 Å². The van der Waals surface area contributed by atoms with Gasteiger partial charge in [0.2, 0.25) is 0 Å². The van der Waals surface area contributed by atoms with Gasteiger partial charge in [0, 0.05) is 29.2 Å². The second-order valence-corrected chi connectivity index (χ2v) is 7.49. The minimum absolute atomic E-state index is 0.0168. The largest absolute Gasteiger partial charge is 0.491 e. The number of ether oxygens (including phenoxy) is 2. The highest BCUT2D eigenvalue weighted by atomic mass is 19.1. The smallest absolute Gasteiger partial charge is 0.411 e. The number of hydrogen-bond acceptors (Lipinski definition) is 4. The number of nitrogens with one attached hydrogen (secondary N) is 1. The van der Waals surface area contributed by atoms with Crippen LogP contribution in [0.1, 0.15) is 12.5 Å². The maximum atomic E-state index is 12.5. The zero-order valence-electron chi connectivity index (χ0n) is 18.4. The van der Waals surface area contributed by atoms with Crippen LogP contribution in [-0.2, 0) is 17.9 Å². The van der Waals surface area contributed by atoms with Crippen molar-refractivity contribution < 1.29 is 18.7 Å². The van der Waals surface area contributed by atoms with Gasteiger partial charge in [-0.05, 0) is 36.8 Å². The fourth-order valence-electron chi connectivity index (χ4n) is 3.83. The molecule has 0 saturated heterocycles.